The molecule has 8 nitrogen and oxygen atoms in total. The summed E-state index contributed by atoms with van der Waals surface area (Å²) in [6, 6.07) is -1.34. The molecule has 0 radical (unpaired) electrons. The van der Waals surface area contributed by atoms with Crippen molar-refractivity contribution in [2.24, 2.45) is 17.8 Å². The van der Waals surface area contributed by atoms with E-state index < -0.39 is 39.6 Å². The molecule has 194 valence electrons. The summed E-state index contributed by atoms with van der Waals surface area (Å²) in [7, 11) is -1.36. The van der Waals surface area contributed by atoms with Crippen molar-refractivity contribution in [1.82, 2.24) is 9.13 Å². The van der Waals surface area contributed by atoms with Gasteiger partial charge in [0.05, 0.1) is 51.1 Å². The first-order valence-electron chi connectivity index (χ1n) is 11.5. The van der Waals surface area contributed by atoms with E-state index in [9.17, 15) is 22.2 Å². The lowest BCUT2D eigenvalue weighted by Crippen LogP contribution is -2.46. The number of nitrogens with zero attached hydrogens (tertiary/aromatic N) is 2. The highest BCUT2D eigenvalue weighted by molar-refractivity contribution is 7.85. The zero-order chi connectivity index (χ0) is 26.2. The van der Waals surface area contributed by atoms with Crippen molar-refractivity contribution in [3.05, 3.63) is 26.5 Å². The van der Waals surface area contributed by atoms with Gasteiger partial charge in [0.1, 0.15) is 0 Å². The summed E-state index contributed by atoms with van der Waals surface area (Å²) in [6.07, 6.45) is 0.897. The summed E-state index contributed by atoms with van der Waals surface area (Å²) in [5.74, 6) is 0.766. The lowest BCUT2D eigenvalue weighted by Gasteiger charge is -2.26. The van der Waals surface area contributed by atoms with Crippen LogP contribution in [0.1, 0.15) is 79.1 Å². The van der Waals surface area contributed by atoms with Crippen molar-refractivity contribution < 1.29 is 17.4 Å². The smallest absolute Gasteiger partial charge is 0.332 e. The Bertz CT molecular complexity index is 1080. The van der Waals surface area contributed by atoms with Gasteiger partial charge in [-0.25, -0.2) is 17.8 Å². The molecule has 11 heteroatoms. The van der Waals surface area contributed by atoms with Crippen LogP contribution in [0.15, 0.2) is 9.59 Å². The van der Waals surface area contributed by atoms with E-state index in [1.54, 1.807) is 13.8 Å². The number of hydrogen-bond acceptors (Lipinski definition) is 6. The van der Waals surface area contributed by atoms with Gasteiger partial charge in [-0.2, -0.15) is 0 Å². The van der Waals surface area contributed by atoms with E-state index in [-0.39, 0.29) is 51.7 Å². The predicted molar refractivity (Wildman–Crippen MR) is 143 cm³/mol. The van der Waals surface area contributed by atoms with Crippen LogP contribution in [-0.2, 0) is 33.3 Å². The van der Waals surface area contributed by atoms with Crippen molar-refractivity contribution >= 4 is 44.0 Å². The third-order valence-corrected chi connectivity index (χ3v) is 7.86. The van der Waals surface area contributed by atoms with E-state index >= 15 is 0 Å². The number of ether oxygens (including phenoxy) is 1. The molecular weight excluding hydrogens is 496 g/mol. The maximum atomic E-state index is 13.7. The predicted octanol–water partition coefficient (Wildman–Crippen LogP) is 2.65. The van der Waals surface area contributed by atoms with Crippen molar-refractivity contribution in [2.45, 2.75) is 85.8 Å². The third-order valence-electron chi connectivity index (χ3n) is 5.18. The minimum Gasteiger partial charge on any atom is -0.470 e. The van der Waals surface area contributed by atoms with Gasteiger partial charge in [-0.1, -0.05) is 41.5 Å². The van der Waals surface area contributed by atoms with Gasteiger partial charge in [0.2, 0.25) is 5.75 Å². The van der Waals surface area contributed by atoms with E-state index in [0.29, 0.717) is 18.6 Å². The average Bonchev–Trinajstić information content (AvgIpc) is 2.70. The lowest BCUT2D eigenvalue weighted by atomic mass is 10.0. The molecule has 1 aromatic rings. The fourth-order valence-corrected chi connectivity index (χ4v) is 5.61. The second kappa shape index (κ2) is 14.1. The van der Waals surface area contributed by atoms with Gasteiger partial charge in [0.15, 0.2) is 5.44 Å². The molecular formula is C23H38N2O6S3. The zero-order valence-electron chi connectivity index (χ0n) is 21.3. The summed E-state index contributed by atoms with van der Waals surface area (Å²) in [4.78, 5) is 27.2. The molecule has 0 aliphatic heterocycles. The molecule has 0 saturated heterocycles. The first kappa shape index (κ1) is 30.4. The normalized spacial score (nSPS) is 15.1. The van der Waals surface area contributed by atoms with Gasteiger partial charge < -0.3 is 4.74 Å². The van der Waals surface area contributed by atoms with Gasteiger partial charge in [0, 0.05) is 16.5 Å². The van der Waals surface area contributed by atoms with Crippen molar-refractivity contribution in [3.8, 4) is 5.75 Å². The van der Waals surface area contributed by atoms with Crippen LogP contribution < -0.4 is 16.0 Å². The molecule has 1 aromatic heterocycles. The highest BCUT2D eigenvalue weighted by Crippen LogP contribution is 2.23. The molecule has 0 N–H and O–H groups in total. The summed E-state index contributed by atoms with van der Waals surface area (Å²) in [5, 5.41) is 2.76. The summed E-state index contributed by atoms with van der Waals surface area (Å²) < 4.78 is 44.0. The average molecular weight is 535 g/mol. The number of aromatic nitrogens is 2. The molecule has 0 fully saturated rings. The van der Waals surface area contributed by atoms with Crippen LogP contribution in [0.5, 0.6) is 5.75 Å². The van der Waals surface area contributed by atoms with Crippen LogP contribution >= 0.6 is 0 Å². The van der Waals surface area contributed by atoms with Crippen LogP contribution in [0, 0.1) is 24.7 Å². The van der Waals surface area contributed by atoms with Crippen molar-refractivity contribution in [3.63, 3.8) is 0 Å². The summed E-state index contributed by atoms with van der Waals surface area (Å²) >= 11 is 0.462. The third kappa shape index (κ3) is 8.27. The second-order valence-electron chi connectivity index (χ2n) is 9.73. The lowest BCUT2D eigenvalue weighted by molar-refractivity contribution is 0.279. The Morgan fingerprint density at radius 1 is 0.853 bits per heavy atom. The highest BCUT2D eigenvalue weighted by atomic mass is 32.2. The fourth-order valence-electron chi connectivity index (χ4n) is 3.76. The molecule has 0 aliphatic carbocycles. The monoisotopic (exact) mass is 534 g/mol. The molecule has 4 unspecified atom stereocenters. The van der Waals surface area contributed by atoms with Crippen molar-refractivity contribution in [1.29, 1.82) is 0 Å². The van der Waals surface area contributed by atoms with Gasteiger partial charge in [-0.15, -0.1) is 0 Å². The minimum atomic E-state index is -1.36. The standard InChI is InChI=1S/C23H38N2O6S3/c1-14(2)9-19(11-32-28)24-17(7)21(31-18(8)34(30)13-16(5)6)22(26)25(23(24)27)20(12-33-29)10-15(3)4/h11-12,14-16,18-20H,9-10,13H2,1-8H3. The van der Waals surface area contributed by atoms with E-state index in [0.717, 1.165) is 4.57 Å². The molecule has 0 bridgehead atoms. The first-order chi connectivity index (χ1) is 15.8. The van der Waals surface area contributed by atoms with Gasteiger partial charge in [0.25, 0.3) is 5.56 Å². The number of rotatable bonds is 13. The molecule has 0 aliphatic rings. The van der Waals surface area contributed by atoms with Crippen LogP contribution in [-0.4, -0.2) is 43.7 Å². The molecule has 1 heterocycles. The van der Waals surface area contributed by atoms with E-state index in [1.165, 1.54) is 15.3 Å². The molecule has 0 amide bonds. The van der Waals surface area contributed by atoms with E-state index in [1.807, 2.05) is 41.5 Å². The van der Waals surface area contributed by atoms with Gasteiger partial charge in [-0.05, 0) is 44.4 Å². The summed E-state index contributed by atoms with van der Waals surface area (Å²) in [6.45, 7) is 15.0. The topological polar surface area (TPSA) is 104 Å². The quantitative estimate of drug-likeness (QED) is 0.361. The minimum absolute atomic E-state index is 0.0830. The summed E-state index contributed by atoms with van der Waals surface area (Å²) in [5.41, 5.74) is -1.77. The highest BCUT2D eigenvalue weighted by Gasteiger charge is 2.28. The van der Waals surface area contributed by atoms with Crippen LogP contribution in [0.2, 0.25) is 0 Å². The molecule has 0 spiro atoms. The Morgan fingerprint density at radius 3 is 1.74 bits per heavy atom. The van der Waals surface area contributed by atoms with E-state index in [2.05, 4.69) is 0 Å². The molecule has 34 heavy (non-hydrogen) atoms. The molecule has 4 atom stereocenters. The fraction of sp³-hybridized carbons (Fsp3) is 0.739. The Hall–Kier alpha value is -1.59. The maximum Gasteiger partial charge on any atom is 0.332 e. The van der Waals surface area contributed by atoms with Gasteiger partial charge in [-0.3, -0.25) is 13.6 Å². The Balaban J connectivity index is 3.94. The molecule has 1 rings (SSSR count). The van der Waals surface area contributed by atoms with Crippen LogP contribution in [0.3, 0.4) is 0 Å². The number of hydrogen-bond donors (Lipinski definition) is 0. The maximum absolute atomic E-state index is 13.7. The largest absolute Gasteiger partial charge is 0.470 e. The second-order valence-corrected chi connectivity index (χ2v) is 12.4. The first-order valence-corrected chi connectivity index (χ1v) is 14.5. The van der Waals surface area contributed by atoms with Crippen LogP contribution in [0.25, 0.3) is 0 Å². The van der Waals surface area contributed by atoms with Crippen LogP contribution in [0.4, 0.5) is 0 Å². The Morgan fingerprint density at radius 2 is 1.32 bits per heavy atom. The Labute approximate surface area is 211 Å². The van der Waals surface area contributed by atoms with E-state index in [4.69, 9.17) is 4.74 Å². The molecule has 0 saturated carbocycles. The Kier molecular flexibility index (Phi) is 12.6. The van der Waals surface area contributed by atoms with Gasteiger partial charge >= 0.3 is 5.69 Å². The molecule has 0 aromatic carbocycles. The van der Waals surface area contributed by atoms with Crippen molar-refractivity contribution in [2.75, 3.05) is 5.75 Å². The zero-order valence-corrected chi connectivity index (χ0v) is 23.8. The SMILES string of the molecule is Cc1c(OC(C)S(=O)CC(C)C)c(=O)n(C(C=S=O)CC(C)C)c(=O)n1C(C=S=O)CC(C)C.